The maximum absolute atomic E-state index is 13.1. The number of aryl methyl sites for hydroxylation is 1. The number of benzene rings is 1. The summed E-state index contributed by atoms with van der Waals surface area (Å²) in [6, 6.07) is 4.50. The van der Waals surface area contributed by atoms with Gasteiger partial charge in [-0.05, 0) is 43.0 Å². The maximum Gasteiger partial charge on any atom is 0.123 e. The van der Waals surface area contributed by atoms with Gasteiger partial charge in [-0.3, -0.25) is 5.09 Å². The van der Waals surface area contributed by atoms with Crippen LogP contribution >= 0.6 is 9.39 Å². The summed E-state index contributed by atoms with van der Waals surface area (Å²) in [5.74, 6) is 0.443. The smallest absolute Gasteiger partial charge is 0.123 e. The van der Waals surface area contributed by atoms with Crippen LogP contribution in [-0.4, -0.2) is 24.9 Å². The van der Waals surface area contributed by atoms with Crippen LogP contribution in [0, 0.1) is 5.82 Å². The summed E-state index contributed by atoms with van der Waals surface area (Å²) in [6.07, 6.45) is 1.82. The summed E-state index contributed by atoms with van der Waals surface area (Å²) < 4.78 is 18.2. The highest BCUT2D eigenvalue weighted by Gasteiger charge is 2.07. The van der Waals surface area contributed by atoms with Gasteiger partial charge in [-0.25, -0.2) is 4.39 Å². The lowest BCUT2D eigenvalue weighted by molar-refractivity contribution is 0.166. The van der Waals surface area contributed by atoms with Crippen LogP contribution in [0.3, 0.4) is 0 Å². The Morgan fingerprint density at radius 1 is 1.53 bits per heavy atom. The molecule has 0 bridgehead atoms. The summed E-state index contributed by atoms with van der Waals surface area (Å²) in [5.41, 5.74) is 0.846. The molecule has 1 aromatic rings. The molecule has 0 spiro atoms. The molecule has 3 nitrogen and oxygen atoms in total. The SMILES string of the molecule is COc1ccc(F)cc1CCC[C@H](O)CNP. The molecule has 0 saturated heterocycles. The molecule has 0 saturated carbocycles. The highest BCUT2D eigenvalue weighted by molar-refractivity contribution is 7.13. The third-order valence-corrected chi connectivity index (χ3v) is 2.82. The summed E-state index contributed by atoms with van der Waals surface area (Å²) in [7, 11) is 3.93. The number of nitrogens with one attached hydrogen (secondary N) is 1. The van der Waals surface area contributed by atoms with Crippen molar-refractivity contribution in [3.05, 3.63) is 29.6 Å². The van der Waals surface area contributed by atoms with Gasteiger partial charge in [0.25, 0.3) is 0 Å². The van der Waals surface area contributed by atoms with Crippen molar-refractivity contribution in [3.8, 4) is 5.75 Å². The maximum atomic E-state index is 13.1. The minimum Gasteiger partial charge on any atom is -0.496 e. The van der Waals surface area contributed by atoms with Crippen molar-refractivity contribution >= 4 is 9.39 Å². The minimum absolute atomic E-state index is 0.257. The van der Waals surface area contributed by atoms with Gasteiger partial charge in [-0.1, -0.05) is 9.39 Å². The number of ether oxygens (including phenoxy) is 1. The van der Waals surface area contributed by atoms with Gasteiger partial charge in [-0.15, -0.1) is 0 Å². The number of halogens is 1. The van der Waals surface area contributed by atoms with Crippen LogP contribution in [0.1, 0.15) is 18.4 Å². The molecule has 0 fully saturated rings. The van der Waals surface area contributed by atoms with E-state index in [4.69, 9.17) is 4.74 Å². The first-order valence-electron chi connectivity index (χ1n) is 5.61. The van der Waals surface area contributed by atoms with Crippen molar-refractivity contribution in [2.75, 3.05) is 13.7 Å². The normalized spacial score (nSPS) is 12.5. The molecule has 1 aromatic carbocycles. The van der Waals surface area contributed by atoms with Crippen molar-refractivity contribution in [1.82, 2.24) is 5.09 Å². The predicted octanol–water partition coefficient (Wildman–Crippen LogP) is 1.90. The van der Waals surface area contributed by atoms with Gasteiger partial charge in [0.15, 0.2) is 0 Å². The van der Waals surface area contributed by atoms with Gasteiger partial charge in [-0.2, -0.15) is 0 Å². The van der Waals surface area contributed by atoms with Gasteiger partial charge in [0, 0.05) is 6.54 Å². The lowest BCUT2D eigenvalue weighted by Gasteiger charge is -2.11. The van der Waals surface area contributed by atoms with Crippen molar-refractivity contribution in [3.63, 3.8) is 0 Å². The molecule has 0 amide bonds. The van der Waals surface area contributed by atoms with Crippen molar-refractivity contribution < 1.29 is 14.2 Å². The molecule has 2 N–H and O–H groups in total. The first kappa shape index (κ1) is 14.4. The van der Waals surface area contributed by atoms with E-state index in [0.717, 1.165) is 12.0 Å². The van der Waals surface area contributed by atoms with Crippen LogP contribution in [0.4, 0.5) is 4.39 Å². The largest absolute Gasteiger partial charge is 0.496 e. The molecule has 2 atom stereocenters. The molecule has 0 heterocycles. The van der Waals surface area contributed by atoms with Gasteiger partial charge >= 0.3 is 0 Å². The van der Waals surface area contributed by atoms with Crippen LogP contribution < -0.4 is 9.82 Å². The average Bonchev–Trinajstić information content (AvgIpc) is 2.30. The molecular weight excluding hydrogens is 240 g/mol. The molecule has 0 aliphatic carbocycles. The fraction of sp³-hybridized carbons (Fsp3) is 0.500. The van der Waals surface area contributed by atoms with Crippen LogP contribution in [0.25, 0.3) is 0 Å². The quantitative estimate of drug-likeness (QED) is 0.735. The Balaban J connectivity index is 2.48. The van der Waals surface area contributed by atoms with E-state index in [1.807, 2.05) is 0 Å². The summed E-state index contributed by atoms with van der Waals surface area (Å²) in [5, 5.41) is 12.4. The Hall–Kier alpha value is -0.700. The zero-order valence-corrected chi connectivity index (χ0v) is 11.1. The van der Waals surface area contributed by atoms with Gasteiger partial charge in [0.05, 0.1) is 13.2 Å². The van der Waals surface area contributed by atoms with Crippen LogP contribution in [0.5, 0.6) is 5.75 Å². The second kappa shape index (κ2) is 7.59. The van der Waals surface area contributed by atoms with Gasteiger partial charge in [0.2, 0.25) is 0 Å². The Kier molecular flexibility index (Phi) is 6.41. The summed E-state index contributed by atoms with van der Waals surface area (Å²) >= 11 is 0. The highest BCUT2D eigenvalue weighted by Crippen LogP contribution is 2.21. The van der Waals surface area contributed by atoms with Crippen LogP contribution in [0.15, 0.2) is 18.2 Å². The summed E-state index contributed by atoms with van der Waals surface area (Å²) in [6.45, 7) is 0.547. The molecule has 96 valence electrons. The van der Waals surface area contributed by atoms with Crippen molar-refractivity contribution in [1.29, 1.82) is 0 Å². The number of aliphatic hydroxyl groups is 1. The van der Waals surface area contributed by atoms with Crippen molar-refractivity contribution in [2.24, 2.45) is 0 Å². The van der Waals surface area contributed by atoms with Gasteiger partial charge in [0.1, 0.15) is 11.6 Å². The van der Waals surface area contributed by atoms with Gasteiger partial charge < -0.3 is 9.84 Å². The Bertz CT molecular complexity index is 349. The van der Waals surface area contributed by atoms with Crippen LogP contribution in [-0.2, 0) is 6.42 Å². The van der Waals surface area contributed by atoms with E-state index in [0.29, 0.717) is 25.1 Å². The Labute approximate surface area is 104 Å². The minimum atomic E-state index is -0.368. The second-order valence-corrected chi connectivity index (χ2v) is 4.32. The lowest BCUT2D eigenvalue weighted by atomic mass is 10.0. The fourth-order valence-corrected chi connectivity index (χ4v) is 1.98. The Morgan fingerprint density at radius 3 is 2.94 bits per heavy atom. The number of rotatable bonds is 7. The third-order valence-electron chi connectivity index (χ3n) is 2.58. The molecule has 0 aliphatic heterocycles. The topological polar surface area (TPSA) is 41.5 Å². The molecule has 5 heteroatoms. The van der Waals surface area contributed by atoms with Crippen LogP contribution in [0.2, 0.25) is 0 Å². The zero-order valence-electron chi connectivity index (χ0n) is 9.95. The van der Waals surface area contributed by atoms with E-state index >= 15 is 0 Å². The fourth-order valence-electron chi connectivity index (χ4n) is 1.71. The molecule has 0 aromatic heterocycles. The highest BCUT2D eigenvalue weighted by atomic mass is 31.0. The van der Waals surface area contributed by atoms with E-state index < -0.39 is 0 Å². The first-order chi connectivity index (χ1) is 8.17. The molecule has 1 rings (SSSR count). The summed E-state index contributed by atoms with van der Waals surface area (Å²) in [4.78, 5) is 0. The van der Waals surface area contributed by atoms with E-state index in [1.165, 1.54) is 12.1 Å². The standard InChI is InChI=1S/C12H19FNO2P/c1-16-12-6-5-10(13)7-9(12)3-2-4-11(15)8-14-17/h5-7,11,14-15H,2-4,8,17H2,1H3/t11-/m0/s1. The molecule has 0 aliphatic rings. The number of methoxy groups -OCH3 is 1. The Morgan fingerprint density at radius 2 is 2.29 bits per heavy atom. The number of hydrogen-bond acceptors (Lipinski definition) is 3. The predicted molar refractivity (Wildman–Crippen MR) is 69.6 cm³/mol. The van der Waals surface area contributed by atoms with E-state index in [9.17, 15) is 9.50 Å². The zero-order chi connectivity index (χ0) is 12.7. The molecule has 1 unspecified atom stereocenters. The number of hydrogen-bond donors (Lipinski definition) is 2. The first-order valence-corrected chi connectivity index (χ1v) is 6.19. The van der Waals surface area contributed by atoms with Crippen molar-refractivity contribution in [2.45, 2.75) is 25.4 Å². The average molecular weight is 259 g/mol. The lowest BCUT2D eigenvalue weighted by Crippen LogP contribution is -2.19. The molecule has 0 radical (unpaired) electrons. The molecule has 17 heavy (non-hydrogen) atoms. The monoisotopic (exact) mass is 259 g/mol. The third kappa shape index (κ3) is 4.99. The van der Waals surface area contributed by atoms with E-state index in [2.05, 4.69) is 14.5 Å². The molecular formula is C12H19FNO2P. The number of aliphatic hydroxyl groups excluding tert-OH is 1. The van der Waals surface area contributed by atoms with E-state index in [-0.39, 0.29) is 11.9 Å². The second-order valence-electron chi connectivity index (χ2n) is 3.91. The van der Waals surface area contributed by atoms with E-state index in [1.54, 1.807) is 13.2 Å².